The van der Waals surface area contributed by atoms with Crippen LogP contribution in [-0.4, -0.2) is 11.9 Å². The molecule has 0 atom stereocenters. The summed E-state index contributed by atoms with van der Waals surface area (Å²) in [6, 6.07) is 0.579. The Hall–Kier alpha value is -1.05. The fourth-order valence-corrected chi connectivity index (χ4v) is 0.821. The molecule has 1 aliphatic carbocycles. The average Bonchev–Trinajstić information content (AvgIpc) is 2.74. The molecule has 0 aromatic heterocycles. The quantitative estimate of drug-likeness (QED) is 0.514. The zero-order chi connectivity index (χ0) is 6.81. The first-order chi connectivity index (χ1) is 4.95. The van der Waals surface area contributed by atoms with Crippen LogP contribution in [0.4, 0.5) is 0 Å². The maximum Gasteiger partial charge on any atom is 0.147 e. The van der Waals surface area contributed by atoms with E-state index in [-0.39, 0.29) is 0 Å². The van der Waals surface area contributed by atoms with Crippen molar-refractivity contribution >= 4 is 5.84 Å². The van der Waals surface area contributed by atoms with Gasteiger partial charge in [0, 0.05) is 6.20 Å². The minimum atomic E-state index is 0.579. The number of aliphatic imine (C=N–C) groups is 1. The molecule has 1 heterocycles. The van der Waals surface area contributed by atoms with Gasteiger partial charge < -0.3 is 0 Å². The molecule has 1 fully saturated rings. The molecular weight excluding hydrogens is 124 g/mol. The third-order valence-electron chi connectivity index (χ3n) is 1.51. The van der Waals surface area contributed by atoms with Crippen LogP contribution in [-0.2, 0) is 0 Å². The van der Waals surface area contributed by atoms with Crippen molar-refractivity contribution in [3.63, 3.8) is 0 Å². The normalized spacial score (nSPS) is 27.0. The zero-order valence-electron chi connectivity index (χ0n) is 5.70. The molecular formula is C8H9N2. The highest BCUT2D eigenvalue weighted by Gasteiger charge is 2.20. The topological polar surface area (TPSA) is 26.5 Å². The Morgan fingerprint density at radius 1 is 1.40 bits per heavy atom. The van der Waals surface area contributed by atoms with E-state index in [0.29, 0.717) is 6.04 Å². The molecule has 0 bridgehead atoms. The van der Waals surface area contributed by atoms with Gasteiger partial charge in [0.25, 0.3) is 0 Å². The van der Waals surface area contributed by atoms with Crippen molar-refractivity contribution < 1.29 is 0 Å². The predicted octanol–water partition coefficient (Wildman–Crippen LogP) is 1.24. The molecule has 0 unspecified atom stereocenters. The summed E-state index contributed by atoms with van der Waals surface area (Å²) in [6.45, 7) is 0. The number of rotatable bonds is 1. The number of amidine groups is 1. The van der Waals surface area contributed by atoms with E-state index in [1.807, 2.05) is 18.2 Å². The van der Waals surface area contributed by atoms with Gasteiger partial charge in [-0.2, -0.15) is 0 Å². The van der Waals surface area contributed by atoms with Crippen molar-refractivity contribution in [3.8, 4) is 0 Å². The second kappa shape index (κ2) is 2.29. The number of hydrogen-bond donors (Lipinski definition) is 0. The van der Waals surface area contributed by atoms with Gasteiger partial charge in [0.15, 0.2) is 0 Å². The van der Waals surface area contributed by atoms with Crippen LogP contribution in [0.2, 0.25) is 0 Å². The first-order valence-electron chi connectivity index (χ1n) is 3.57. The van der Waals surface area contributed by atoms with Crippen molar-refractivity contribution in [2.75, 3.05) is 0 Å². The van der Waals surface area contributed by atoms with Gasteiger partial charge in [0.2, 0.25) is 0 Å². The van der Waals surface area contributed by atoms with E-state index in [1.54, 1.807) is 6.20 Å². The van der Waals surface area contributed by atoms with E-state index in [1.165, 1.54) is 12.8 Å². The summed E-state index contributed by atoms with van der Waals surface area (Å²) in [6.07, 6.45) is 10.1. The molecule has 1 aliphatic heterocycles. The molecule has 2 heteroatoms. The van der Waals surface area contributed by atoms with E-state index in [2.05, 4.69) is 10.3 Å². The highest BCUT2D eigenvalue weighted by Crippen LogP contribution is 2.23. The number of nitrogens with zero attached hydrogens (tertiary/aromatic N) is 2. The van der Waals surface area contributed by atoms with Crippen molar-refractivity contribution in [1.29, 1.82) is 0 Å². The fraction of sp³-hybridized carbons (Fsp3) is 0.375. The predicted molar refractivity (Wildman–Crippen MR) is 40.9 cm³/mol. The Kier molecular flexibility index (Phi) is 1.31. The molecule has 2 rings (SSSR count). The minimum Gasteiger partial charge on any atom is -0.263 e. The summed E-state index contributed by atoms with van der Waals surface area (Å²) in [4.78, 5) is 4.36. The monoisotopic (exact) mass is 133 g/mol. The Morgan fingerprint density at radius 3 is 2.90 bits per heavy atom. The molecule has 0 saturated heterocycles. The Bertz CT molecular complexity index is 209. The maximum atomic E-state index is 4.36. The summed E-state index contributed by atoms with van der Waals surface area (Å²) in [5.41, 5.74) is 0. The third-order valence-corrected chi connectivity index (χ3v) is 1.51. The Labute approximate surface area is 60.3 Å². The summed E-state index contributed by atoms with van der Waals surface area (Å²) in [5, 5.41) is 4.09. The van der Waals surface area contributed by atoms with E-state index in [9.17, 15) is 0 Å². The highest BCUT2D eigenvalue weighted by molar-refractivity contribution is 5.94. The minimum absolute atomic E-state index is 0.579. The second-order valence-electron chi connectivity index (χ2n) is 2.55. The van der Waals surface area contributed by atoms with Gasteiger partial charge in [-0.3, -0.25) is 4.99 Å². The fourth-order valence-electron chi connectivity index (χ4n) is 0.821. The Morgan fingerprint density at radius 2 is 2.30 bits per heavy atom. The van der Waals surface area contributed by atoms with Crippen LogP contribution in [0.5, 0.6) is 0 Å². The van der Waals surface area contributed by atoms with E-state index < -0.39 is 0 Å². The van der Waals surface area contributed by atoms with Crippen LogP contribution in [0.15, 0.2) is 29.4 Å². The summed E-state index contributed by atoms with van der Waals surface area (Å²) in [7, 11) is 0. The second-order valence-corrected chi connectivity index (χ2v) is 2.55. The molecule has 0 spiro atoms. The van der Waals surface area contributed by atoms with Gasteiger partial charge in [0.05, 0.1) is 6.04 Å². The van der Waals surface area contributed by atoms with Gasteiger partial charge in [-0.1, -0.05) is 6.08 Å². The third kappa shape index (κ3) is 1.26. The Balaban J connectivity index is 2.03. The van der Waals surface area contributed by atoms with Crippen molar-refractivity contribution in [3.05, 3.63) is 24.4 Å². The molecule has 1 radical (unpaired) electrons. The first-order valence-corrected chi connectivity index (χ1v) is 3.57. The molecule has 2 aliphatic rings. The standard InChI is InChI=1S/C8H9N2/c1-2-6-9-8(3-1)10-7-4-5-7/h1-3,6-7H,4-5H2/b10-8-. The van der Waals surface area contributed by atoms with E-state index in [4.69, 9.17) is 0 Å². The van der Waals surface area contributed by atoms with Crippen molar-refractivity contribution in [2.24, 2.45) is 4.99 Å². The largest absolute Gasteiger partial charge is 0.263 e. The number of hydrogen-bond acceptors (Lipinski definition) is 1. The van der Waals surface area contributed by atoms with Gasteiger partial charge in [0.1, 0.15) is 5.84 Å². The van der Waals surface area contributed by atoms with Crippen LogP contribution in [0, 0.1) is 0 Å². The van der Waals surface area contributed by atoms with Crippen LogP contribution in [0.3, 0.4) is 0 Å². The lowest BCUT2D eigenvalue weighted by Crippen LogP contribution is -2.09. The van der Waals surface area contributed by atoms with E-state index in [0.717, 1.165) is 5.84 Å². The summed E-state index contributed by atoms with van der Waals surface area (Å²) < 4.78 is 0. The lowest BCUT2D eigenvalue weighted by molar-refractivity contribution is 1.04. The molecule has 51 valence electrons. The van der Waals surface area contributed by atoms with Crippen molar-refractivity contribution in [2.45, 2.75) is 18.9 Å². The van der Waals surface area contributed by atoms with Crippen molar-refractivity contribution in [1.82, 2.24) is 5.32 Å². The van der Waals surface area contributed by atoms with Crippen LogP contribution in [0.1, 0.15) is 12.8 Å². The molecule has 2 nitrogen and oxygen atoms in total. The average molecular weight is 133 g/mol. The van der Waals surface area contributed by atoms with Crippen LogP contribution >= 0.6 is 0 Å². The molecule has 0 amide bonds. The molecule has 10 heavy (non-hydrogen) atoms. The lowest BCUT2D eigenvalue weighted by atomic mass is 10.4. The smallest absolute Gasteiger partial charge is 0.147 e. The maximum absolute atomic E-state index is 4.36. The molecule has 0 N–H and O–H groups in total. The van der Waals surface area contributed by atoms with Crippen LogP contribution in [0.25, 0.3) is 0 Å². The number of allylic oxidation sites excluding steroid dienone is 2. The molecule has 0 aromatic rings. The molecule has 1 saturated carbocycles. The summed E-state index contributed by atoms with van der Waals surface area (Å²) >= 11 is 0. The lowest BCUT2D eigenvalue weighted by Gasteiger charge is -1.99. The van der Waals surface area contributed by atoms with E-state index >= 15 is 0 Å². The zero-order valence-corrected chi connectivity index (χ0v) is 5.70. The van der Waals surface area contributed by atoms with Gasteiger partial charge in [-0.15, -0.1) is 0 Å². The SMILES string of the molecule is C1=C[N]/C(=N\C2CC2)C=C1. The van der Waals surface area contributed by atoms with Gasteiger partial charge in [-0.05, 0) is 25.0 Å². The molecule has 0 aromatic carbocycles. The highest BCUT2D eigenvalue weighted by atomic mass is 15.0. The van der Waals surface area contributed by atoms with Gasteiger partial charge >= 0.3 is 0 Å². The first kappa shape index (κ1) is 5.71. The summed E-state index contributed by atoms with van der Waals surface area (Å²) in [5.74, 6) is 0.880. The van der Waals surface area contributed by atoms with Gasteiger partial charge in [-0.25, -0.2) is 5.32 Å². The van der Waals surface area contributed by atoms with Crippen LogP contribution < -0.4 is 5.32 Å².